The van der Waals surface area contributed by atoms with Gasteiger partial charge in [0.1, 0.15) is 0 Å². The van der Waals surface area contributed by atoms with Crippen molar-refractivity contribution >= 4 is 31.5 Å². The second-order valence-corrected chi connectivity index (χ2v) is 11.2. The lowest BCUT2D eigenvalue weighted by atomic mass is 10.2. The topological polar surface area (TPSA) is 104 Å². The molecule has 0 saturated carbocycles. The highest BCUT2D eigenvalue weighted by Crippen LogP contribution is 2.28. The van der Waals surface area contributed by atoms with Gasteiger partial charge in [-0.1, -0.05) is 0 Å². The van der Waals surface area contributed by atoms with Gasteiger partial charge in [0.05, 0.1) is 22.8 Å². The van der Waals surface area contributed by atoms with E-state index in [0.717, 1.165) is 0 Å². The molecule has 1 aromatic rings. The van der Waals surface area contributed by atoms with E-state index in [1.54, 1.807) is 12.1 Å². The van der Waals surface area contributed by atoms with Gasteiger partial charge in [-0.25, -0.2) is 16.8 Å². The number of rotatable bonds is 3. The van der Waals surface area contributed by atoms with E-state index in [-0.39, 0.29) is 34.8 Å². The molecule has 1 aromatic carbocycles. The highest BCUT2D eigenvalue weighted by Gasteiger charge is 2.36. The Bertz CT molecular complexity index is 950. The number of sulfonamides is 1. The van der Waals surface area contributed by atoms with Gasteiger partial charge in [-0.15, -0.1) is 0 Å². The fourth-order valence-corrected chi connectivity index (χ4v) is 7.12. The van der Waals surface area contributed by atoms with Crippen LogP contribution in [0.4, 0.5) is 5.69 Å². The molecule has 26 heavy (non-hydrogen) atoms. The first-order chi connectivity index (χ1) is 12.2. The molecule has 2 saturated heterocycles. The van der Waals surface area contributed by atoms with Gasteiger partial charge in [0.2, 0.25) is 15.9 Å². The molecular formula is C16H21N3O5S2. The molecule has 142 valence electrons. The van der Waals surface area contributed by atoms with E-state index >= 15 is 0 Å². The third kappa shape index (κ3) is 3.26. The van der Waals surface area contributed by atoms with Crippen LogP contribution in [-0.2, 0) is 31.1 Å². The third-order valence-electron chi connectivity index (χ3n) is 5.34. The molecule has 3 heterocycles. The summed E-state index contributed by atoms with van der Waals surface area (Å²) in [5.41, 5.74) is 1.37. The number of benzene rings is 1. The number of carbonyl (C=O) groups is 1. The van der Waals surface area contributed by atoms with E-state index in [9.17, 15) is 21.6 Å². The van der Waals surface area contributed by atoms with E-state index in [1.165, 1.54) is 10.4 Å². The summed E-state index contributed by atoms with van der Waals surface area (Å²) in [5, 5.41) is 2.70. The minimum absolute atomic E-state index is 0.00179. The lowest BCUT2D eigenvalue weighted by Gasteiger charge is -2.37. The maximum Gasteiger partial charge on any atom is 0.243 e. The molecule has 2 fully saturated rings. The summed E-state index contributed by atoms with van der Waals surface area (Å²) >= 11 is 0. The summed E-state index contributed by atoms with van der Waals surface area (Å²) in [5.74, 6) is 0.263. The maximum absolute atomic E-state index is 12.9. The number of nitrogens with one attached hydrogen (secondary N) is 1. The van der Waals surface area contributed by atoms with Gasteiger partial charge in [0.25, 0.3) is 0 Å². The molecule has 3 aliphatic heterocycles. The standard InChI is InChI=1S/C16H21N3O5S2/c20-16-10-12-9-14(1-2-15(12)17-16)26(23,24)19-6-4-18(5-7-19)13-3-8-25(21,22)11-13/h1-2,9,13H,3-8,10-11H2,(H,17,20)/t13-/m1/s1. The summed E-state index contributed by atoms with van der Waals surface area (Å²) in [6.07, 6.45) is 0.823. The van der Waals surface area contributed by atoms with Gasteiger partial charge >= 0.3 is 0 Å². The highest BCUT2D eigenvalue weighted by molar-refractivity contribution is 7.91. The van der Waals surface area contributed by atoms with Gasteiger partial charge in [-0.3, -0.25) is 9.69 Å². The SMILES string of the molecule is O=C1Cc2cc(S(=O)(=O)N3CCN([C@@H]4CCS(=O)(=O)C4)CC3)ccc2N1. The van der Waals surface area contributed by atoms with Crippen molar-refractivity contribution in [3.63, 3.8) is 0 Å². The van der Waals surface area contributed by atoms with Crippen molar-refractivity contribution in [1.82, 2.24) is 9.21 Å². The van der Waals surface area contributed by atoms with Crippen molar-refractivity contribution in [2.45, 2.75) is 23.8 Å². The Labute approximate surface area is 153 Å². The predicted octanol–water partition coefficient (Wildman–Crippen LogP) is -0.325. The Kier molecular flexibility index (Phi) is 4.33. The van der Waals surface area contributed by atoms with Crippen LogP contribution in [-0.4, -0.2) is 75.7 Å². The van der Waals surface area contributed by atoms with Gasteiger partial charge in [-0.05, 0) is 30.2 Å². The molecular weight excluding hydrogens is 378 g/mol. The van der Waals surface area contributed by atoms with E-state index in [4.69, 9.17) is 0 Å². The first-order valence-corrected chi connectivity index (χ1v) is 11.9. The van der Waals surface area contributed by atoms with Crippen molar-refractivity contribution in [3.05, 3.63) is 23.8 Å². The summed E-state index contributed by atoms with van der Waals surface area (Å²) in [4.78, 5) is 13.7. The van der Waals surface area contributed by atoms with E-state index < -0.39 is 19.9 Å². The normalized spacial score (nSPS) is 26.6. The minimum atomic E-state index is -3.62. The van der Waals surface area contributed by atoms with Crippen LogP contribution < -0.4 is 5.32 Å². The number of amides is 1. The smallest absolute Gasteiger partial charge is 0.243 e. The Hall–Kier alpha value is -1.49. The van der Waals surface area contributed by atoms with E-state index in [1.807, 2.05) is 0 Å². The number of carbonyl (C=O) groups excluding carboxylic acids is 1. The zero-order valence-electron chi connectivity index (χ0n) is 14.2. The number of sulfone groups is 1. The fraction of sp³-hybridized carbons (Fsp3) is 0.562. The van der Waals surface area contributed by atoms with Crippen molar-refractivity contribution in [3.8, 4) is 0 Å². The van der Waals surface area contributed by atoms with Crippen molar-refractivity contribution < 1.29 is 21.6 Å². The number of piperazine rings is 1. The second kappa shape index (κ2) is 6.29. The van der Waals surface area contributed by atoms with Crippen LogP contribution in [0.3, 0.4) is 0 Å². The summed E-state index contributed by atoms with van der Waals surface area (Å²) < 4.78 is 50.5. The Morgan fingerprint density at radius 2 is 1.85 bits per heavy atom. The van der Waals surface area contributed by atoms with Crippen LogP contribution in [0.2, 0.25) is 0 Å². The number of nitrogens with zero attached hydrogens (tertiary/aromatic N) is 2. The molecule has 0 aromatic heterocycles. The fourth-order valence-electron chi connectivity index (χ4n) is 3.89. The van der Waals surface area contributed by atoms with Crippen LogP contribution in [0.25, 0.3) is 0 Å². The Morgan fingerprint density at radius 1 is 1.12 bits per heavy atom. The van der Waals surface area contributed by atoms with Crippen LogP contribution in [0.15, 0.2) is 23.1 Å². The summed E-state index contributed by atoms with van der Waals surface area (Å²) in [6, 6.07) is 4.72. The third-order valence-corrected chi connectivity index (χ3v) is 8.98. The van der Waals surface area contributed by atoms with E-state index in [2.05, 4.69) is 10.2 Å². The predicted molar refractivity (Wildman–Crippen MR) is 96.2 cm³/mol. The number of fused-ring (bicyclic) bond motifs is 1. The number of hydrogen-bond acceptors (Lipinski definition) is 6. The van der Waals surface area contributed by atoms with Crippen LogP contribution in [0, 0.1) is 0 Å². The van der Waals surface area contributed by atoms with Crippen molar-refractivity contribution in [2.24, 2.45) is 0 Å². The number of anilines is 1. The highest BCUT2D eigenvalue weighted by atomic mass is 32.2. The molecule has 0 unspecified atom stereocenters. The number of hydrogen-bond donors (Lipinski definition) is 1. The van der Waals surface area contributed by atoms with Crippen molar-refractivity contribution in [2.75, 3.05) is 43.0 Å². The molecule has 1 amide bonds. The first kappa shape index (κ1) is 17.9. The quantitative estimate of drug-likeness (QED) is 0.747. The lowest BCUT2D eigenvalue weighted by Crippen LogP contribution is -2.52. The minimum Gasteiger partial charge on any atom is -0.326 e. The molecule has 4 rings (SSSR count). The van der Waals surface area contributed by atoms with Crippen LogP contribution in [0.5, 0.6) is 0 Å². The molecule has 3 aliphatic rings. The molecule has 0 spiro atoms. The summed E-state index contributed by atoms with van der Waals surface area (Å²) in [7, 11) is -6.57. The zero-order valence-corrected chi connectivity index (χ0v) is 15.9. The van der Waals surface area contributed by atoms with Crippen molar-refractivity contribution in [1.29, 1.82) is 0 Å². The largest absolute Gasteiger partial charge is 0.326 e. The Balaban J connectivity index is 1.45. The molecule has 1 N–H and O–H groups in total. The van der Waals surface area contributed by atoms with Crippen LogP contribution in [0.1, 0.15) is 12.0 Å². The van der Waals surface area contributed by atoms with Crippen LogP contribution >= 0.6 is 0 Å². The van der Waals surface area contributed by atoms with Gasteiger partial charge in [-0.2, -0.15) is 4.31 Å². The first-order valence-electron chi connectivity index (χ1n) is 8.62. The molecule has 8 nitrogen and oxygen atoms in total. The van der Waals surface area contributed by atoms with Gasteiger partial charge in [0, 0.05) is 37.9 Å². The molecule has 0 radical (unpaired) electrons. The van der Waals surface area contributed by atoms with Gasteiger partial charge < -0.3 is 5.32 Å². The average molecular weight is 399 g/mol. The lowest BCUT2D eigenvalue weighted by molar-refractivity contribution is -0.115. The molecule has 10 heteroatoms. The monoisotopic (exact) mass is 399 g/mol. The molecule has 0 bridgehead atoms. The second-order valence-electron chi connectivity index (χ2n) is 7.04. The molecule has 0 aliphatic carbocycles. The Morgan fingerprint density at radius 3 is 2.50 bits per heavy atom. The van der Waals surface area contributed by atoms with E-state index in [0.29, 0.717) is 43.9 Å². The average Bonchev–Trinajstić information content (AvgIpc) is 3.15. The zero-order chi connectivity index (χ0) is 18.5. The maximum atomic E-state index is 12.9. The molecule has 1 atom stereocenters. The summed E-state index contributed by atoms with van der Waals surface area (Å²) in [6.45, 7) is 1.75. The van der Waals surface area contributed by atoms with Gasteiger partial charge in [0.15, 0.2) is 9.84 Å².